The lowest BCUT2D eigenvalue weighted by Crippen LogP contribution is -2.42. The van der Waals surface area contributed by atoms with E-state index in [4.69, 9.17) is 39.9 Å². The summed E-state index contributed by atoms with van der Waals surface area (Å²) in [6, 6.07) is 9.42. The first kappa shape index (κ1) is 65.7. The minimum absolute atomic E-state index is 0. The predicted octanol–water partition coefficient (Wildman–Crippen LogP) is 9.22. The highest BCUT2D eigenvalue weighted by atomic mass is 35.5. The lowest BCUT2D eigenvalue weighted by atomic mass is 10.2. The molecule has 7 rings (SSSR count). The summed E-state index contributed by atoms with van der Waals surface area (Å²) in [7, 11) is 1.00. The molecule has 2 saturated heterocycles. The van der Waals surface area contributed by atoms with E-state index in [9.17, 15) is 14.0 Å². The number of amides is 2. The van der Waals surface area contributed by atoms with Gasteiger partial charge in [0.05, 0.1) is 35.9 Å². The number of nitrogens with two attached hydrogens (primary N) is 2. The van der Waals surface area contributed by atoms with Crippen LogP contribution in [-0.2, 0) is 32.4 Å². The molecule has 5 N–H and O–H groups in total. The van der Waals surface area contributed by atoms with Crippen LogP contribution in [0.2, 0.25) is 51.4 Å². The average molecular weight is 1160 g/mol. The van der Waals surface area contributed by atoms with Gasteiger partial charge in [0, 0.05) is 93.2 Å². The highest BCUT2D eigenvalue weighted by Crippen LogP contribution is 2.31. The molecule has 0 saturated carbocycles. The SMILES string of the molecule is CN(C(=O)OC(C)(C)C)[C@@H]1CCN(c2cc(-c3c(F)cnn3COCC[Si](C)(C)C)nc(N)n2)C1.Cc1ccc(C)n1-c1nc(-c2c(F)cnn2COCC[Si](C)(C)C)cc(N2CC[C@@H](N(C)C(=O)OC(C)(C)C)C2)n1.Cl.NO. The van der Waals surface area contributed by atoms with Crippen molar-refractivity contribution in [3.8, 4) is 28.7 Å². The third kappa shape index (κ3) is 18.9. The van der Waals surface area contributed by atoms with Crippen LogP contribution in [0.25, 0.3) is 28.7 Å². The summed E-state index contributed by atoms with van der Waals surface area (Å²) in [6.07, 6.45) is 3.12. The van der Waals surface area contributed by atoms with Crippen molar-refractivity contribution < 1.29 is 42.5 Å². The summed E-state index contributed by atoms with van der Waals surface area (Å²) >= 11 is 0. The Bertz CT molecular complexity index is 2770. The second-order valence-electron chi connectivity index (χ2n) is 24.2. The number of aryl methyl sites for hydroxylation is 2. The number of hydrogen-bond acceptors (Lipinski definition) is 17. The predicted molar refractivity (Wildman–Crippen MR) is 310 cm³/mol. The van der Waals surface area contributed by atoms with Gasteiger partial charge in [-0.2, -0.15) is 20.2 Å². The summed E-state index contributed by atoms with van der Waals surface area (Å²) in [4.78, 5) is 50.9. The Morgan fingerprint density at radius 3 is 1.47 bits per heavy atom. The van der Waals surface area contributed by atoms with Crippen LogP contribution in [-0.4, -0.2) is 164 Å². The fraction of sp³-hybridized carbons (Fsp3) is 0.615. The topological polar surface area (TPSA) is 248 Å². The van der Waals surface area contributed by atoms with Gasteiger partial charge < -0.3 is 49.5 Å². The normalized spacial score (nSPS) is 15.7. The molecule has 2 amide bonds. The molecular weight excluding hydrogens is 1080 g/mol. The van der Waals surface area contributed by atoms with Crippen LogP contribution in [0.4, 0.5) is 36.0 Å². The van der Waals surface area contributed by atoms with Crippen LogP contribution in [0.3, 0.4) is 0 Å². The van der Waals surface area contributed by atoms with E-state index in [1.165, 1.54) is 15.6 Å². The number of aromatic nitrogens is 9. The molecule has 440 valence electrons. The molecular formula is C52H86ClF2N15O7Si2. The Balaban J connectivity index is 0.000000330. The van der Waals surface area contributed by atoms with E-state index in [0.29, 0.717) is 68.4 Å². The number of carbonyl (C=O) groups is 2. The zero-order valence-corrected chi connectivity index (χ0v) is 51.9. The van der Waals surface area contributed by atoms with Gasteiger partial charge in [0.25, 0.3) is 0 Å². The lowest BCUT2D eigenvalue weighted by Gasteiger charge is -2.28. The lowest BCUT2D eigenvalue weighted by molar-refractivity contribution is 0.0227. The molecule has 79 heavy (non-hydrogen) atoms. The molecule has 0 aliphatic carbocycles. The third-order valence-electron chi connectivity index (χ3n) is 12.8. The van der Waals surface area contributed by atoms with Crippen molar-refractivity contribution in [1.29, 1.82) is 0 Å². The maximum Gasteiger partial charge on any atom is 0.410 e. The second kappa shape index (κ2) is 27.6. The van der Waals surface area contributed by atoms with Gasteiger partial charge in [-0.05, 0) is 92.5 Å². The van der Waals surface area contributed by atoms with Gasteiger partial charge in [0.15, 0.2) is 11.6 Å². The number of likely N-dealkylation sites (N-methyl/N-ethyl adjacent to an activating group) is 2. The molecule has 0 bridgehead atoms. The van der Waals surface area contributed by atoms with E-state index >= 15 is 4.39 Å². The van der Waals surface area contributed by atoms with Gasteiger partial charge in [0.2, 0.25) is 11.9 Å². The average Bonchev–Trinajstić information content (AvgIpc) is 4.21. The Kier molecular flexibility index (Phi) is 23.0. The van der Waals surface area contributed by atoms with Crippen LogP contribution in [0, 0.1) is 25.5 Å². The van der Waals surface area contributed by atoms with Gasteiger partial charge in [-0.25, -0.2) is 43.6 Å². The van der Waals surface area contributed by atoms with E-state index in [-0.39, 0.29) is 67.5 Å². The van der Waals surface area contributed by atoms with Crippen molar-refractivity contribution in [3.63, 3.8) is 0 Å². The van der Waals surface area contributed by atoms with Gasteiger partial charge in [-0.15, -0.1) is 12.4 Å². The number of halogens is 3. The number of ether oxygens (including phenoxy) is 4. The van der Waals surface area contributed by atoms with Crippen LogP contribution in [0.1, 0.15) is 65.8 Å². The molecule has 2 aliphatic rings. The zero-order chi connectivity index (χ0) is 58.1. The fourth-order valence-corrected chi connectivity index (χ4v) is 10.0. The smallest absolute Gasteiger partial charge is 0.410 e. The molecule has 5 aromatic rings. The molecule has 27 heteroatoms. The van der Waals surface area contributed by atoms with Gasteiger partial charge in [-0.3, -0.25) is 4.57 Å². The van der Waals surface area contributed by atoms with Gasteiger partial charge >= 0.3 is 12.2 Å². The number of rotatable bonds is 17. The van der Waals surface area contributed by atoms with Gasteiger partial charge in [-0.1, -0.05) is 39.3 Å². The van der Waals surface area contributed by atoms with E-state index < -0.39 is 39.0 Å². The minimum Gasteiger partial charge on any atom is -0.444 e. The van der Waals surface area contributed by atoms with Crippen LogP contribution < -0.4 is 21.4 Å². The molecule has 22 nitrogen and oxygen atoms in total. The number of nitrogen functional groups attached to an aromatic ring is 1. The first-order valence-electron chi connectivity index (χ1n) is 26.3. The van der Waals surface area contributed by atoms with Crippen LogP contribution in [0.15, 0.2) is 36.7 Å². The van der Waals surface area contributed by atoms with Crippen molar-refractivity contribution >= 4 is 58.3 Å². The van der Waals surface area contributed by atoms with Crippen LogP contribution >= 0.6 is 12.4 Å². The molecule has 0 spiro atoms. The molecule has 2 fully saturated rings. The number of nitrogens with zero attached hydrogens (tertiary/aromatic N) is 13. The van der Waals surface area contributed by atoms with Crippen molar-refractivity contribution in [2.75, 3.05) is 69.0 Å². The Morgan fingerprint density at radius 1 is 0.684 bits per heavy atom. The maximum absolute atomic E-state index is 15.3. The highest BCUT2D eigenvalue weighted by Gasteiger charge is 2.34. The summed E-state index contributed by atoms with van der Waals surface area (Å²) in [6.45, 7) is 32.7. The molecule has 0 unspecified atom stereocenters. The molecule has 0 radical (unpaired) electrons. The van der Waals surface area contributed by atoms with Crippen LogP contribution in [0.5, 0.6) is 0 Å². The number of carbonyl (C=O) groups excluding carboxylic acids is 2. The summed E-state index contributed by atoms with van der Waals surface area (Å²) in [5.41, 5.74) is 8.02. The van der Waals surface area contributed by atoms with E-state index in [1.807, 2.05) is 77.0 Å². The quantitative estimate of drug-likeness (QED) is 0.0446. The standard InChI is InChI=1S/C29H44FN7O3Si.C23H38FN7O3Si.ClH.H3NO/c1-20-10-11-21(2)37(20)27-32-24(26-23(30)17-31-36(26)19-39-14-15-41(7,8)9)16-25(33-27)35-13-12-22(18-35)34(6)28(38)40-29(3,4)5;1-23(2,3)34-22(32)29(4)16-8-9-30(14-16)19-12-18(27-21(25)28-19)20-17(24)13-26-31(20)15-33-10-11-35(5,6)7;;1-2/h10-11,16-17,22H,12-15,18-19H2,1-9H3;12-13,16H,8-11,14-15H2,1-7H3,(H2,25,27,28);1H;2H,1H2/t22-;16-;;/m11../s1. The molecule has 2 aliphatic heterocycles. The second-order valence-corrected chi connectivity index (χ2v) is 35.4. The summed E-state index contributed by atoms with van der Waals surface area (Å²) in [5, 5.41) is 14.9. The Morgan fingerprint density at radius 2 is 1.08 bits per heavy atom. The first-order chi connectivity index (χ1) is 36.4. The van der Waals surface area contributed by atoms with Crippen molar-refractivity contribution in [1.82, 2.24) is 53.9 Å². The molecule has 2 atom stereocenters. The molecule has 5 aromatic heterocycles. The maximum atomic E-state index is 15.3. The van der Waals surface area contributed by atoms with Crippen molar-refractivity contribution in [3.05, 3.63) is 59.7 Å². The number of anilines is 3. The van der Waals surface area contributed by atoms with E-state index in [1.54, 1.807) is 36.0 Å². The highest BCUT2D eigenvalue weighted by molar-refractivity contribution is 6.76. The largest absolute Gasteiger partial charge is 0.444 e. The zero-order valence-electron chi connectivity index (χ0n) is 49.1. The van der Waals surface area contributed by atoms with Crippen molar-refractivity contribution in [2.24, 2.45) is 5.90 Å². The van der Waals surface area contributed by atoms with E-state index in [0.717, 1.165) is 42.5 Å². The fourth-order valence-electron chi connectivity index (χ4n) is 8.51. The first-order valence-corrected chi connectivity index (χ1v) is 33.7. The monoisotopic (exact) mass is 1160 g/mol. The Hall–Kier alpha value is -5.78. The summed E-state index contributed by atoms with van der Waals surface area (Å²) < 4.78 is 57.6. The number of hydrogen-bond donors (Lipinski definition) is 3. The summed E-state index contributed by atoms with van der Waals surface area (Å²) in [5.74, 6) is 4.23. The van der Waals surface area contributed by atoms with Gasteiger partial charge in [0.1, 0.15) is 47.7 Å². The van der Waals surface area contributed by atoms with E-state index in [2.05, 4.69) is 70.2 Å². The molecule has 7 heterocycles. The Labute approximate surface area is 472 Å². The third-order valence-corrected chi connectivity index (χ3v) is 16.2. The minimum atomic E-state index is -1.26. The molecule has 0 aromatic carbocycles. The van der Waals surface area contributed by atoms with Crippen molar-refractivity contribution in [2.45, 2.75) is 156 Å².